The lowest BCUT2D eigenvalue weighted by Gasteiger charge is -2.28. The highest BCUT2D eigenvalue weighted by Crippen LogP contribution is 2.28. The van der Waals surface area contributed by atoms with Crippen molar-refractivity contribution in [1.82, 2.24) is 24.8 Å². The van der Waals surface area contributed by atoms with Gasteiger partial charge in [-0.2, -0.15) is 0 Å². The summed E-state index contributed by atoms with van der Waals surface area (Å²) < 4.78 is 0. The Balaban J connectivity index is 1.37. The van der Waals surface area contributed by atoms with Gasteiger partial charge in [0.2, 0.25) is 5.95 Å². The van der Waals surface area contributed by atoms with Crippen molar-refractivity contribution in [1.29, 1.82) is 0 Å². The number of nitrogens with one attached hydrogen (secondary N) is 2. The molecule has 2 N–H and O–H groups in total. The van der Waals surface area contributed by atoms with Crippen molar-refractivity contribution in [3.8, 4) is 11.4 Å². The van der Waals surface area contributed by atoms with E-state index in [1.54, 1.807) is 0 Å². The van der Waals surface area contributed by atoms with Crippen molar-refractivity contribution < 1.29 is 0 Å². The molecule has 0 spiro atoms. The van der Waals surface area contributed by atoms with E-state index in [2.05, 4.69) is 37.2 Å². The van der Waals surface area contributed by atoms with E-state index in [-0.39, 0.29) is 0 Å². The van der Waals surface area contributed by atoms with Crippen LogP contribution >= 0.6 is 11.6 Å². The van der Waals surface area contributed by atoms with Crippen molar-refractivity contribution in [2.24, 2.45) is 5.92 Å². The molecule has 1 aliphatic rings. The lowest BCUT2D eigenvalue weighted by atomic mass is 9.92. The minimum atomic E-state index is 0.656. The highest BCUT2D eigenvalue weighted by atomic mass is 35.5. The summed E-state index contributed by atoms with van der Waals surface area (Å²) in [5.41, 5.74) is 4.60. The molecule has 3 heterocycles. The van der Waals surface area contributed by atoms with Crippen LogP contribution in [-0.2, 0) is 0 Å². The number of H-pyrrole nitrogens is 1. The third kappa shape index (κ3) is 4.70. The molecule has 7 heteroatoms. The van der Waals surface area contributed by atoms with Crippen LogP contribution in [0.25, 0.3) is 22.4 Å². The van der Waals surface area contributed by atoms with Crippen LogP contribution in [0.3, 0.4) is 0 Å². The second-order valence-electron chi connectivity index (χ2n) is 8.24. The van der Waals surface area contributed by atoms with Crippen LogP contribution in [0.2, 0.25) is 5.02 Å². The third-order valence-electron chi connectivity index (χ3n) is 5.83. The topological polar surface area (TPSA) is 69.7 Å². The van der Waals surface area contributed by atoms with E-state index in [1.807, 2.05) is 32.2 Å². The molecule has 0 bridgehead atoms. The van der Waals surface area contributed by atoms with Gasteiger partial charge < -0.3 is 15.2 Å². The third-order valence-corrected chi connectivity index (χ3v) is 6.12. The number of anilines is 1. The van der Waals surface area contributed by atoms with Gasteiger partial charge >= 0.3 is 0 Å². The van der Waals surface area contributed by atoms with Gasteiger partial charge in [-0.3, -0.25) is 0 Å². The van der Waals surface area contributed by atoms with E-state index in [0.717, 1.165) is 52.6 Å². The fourth-order valence-electron chi connectivity index (χ4n) is 4.06. The van der Waals surface area contributed by atoms with Crippen LogP contribution in [0.5, 0.6) is 0 Å². The second kappa shape index (κ2) is 8.67. The Bertz CT molecular complexity index is 990. The summed E-state index contributed by atoms with van der Waals surface area (Å²) in [6, 6.07) is 3.98. The first-order chi connectivity index (χ1) is 14.0. The van der Waals surface area contributed by atoms with Crippen molar-refractivity contribution in [2.75, 3.05) is 32.0 Å². The zero-order chi connectivity index (χ0) is 20.4. The van der Waals surface area contributed by atoms with Gasteiger partial charge in [0.15, 0.2) is 0 Å². The molecular weight excluding hydrogens is 384 g/mol. The standard InChI is InChI=1S/C22H29ClN6/c1-14-11-18(23)20-19(12-14)27-21(28-20)17-13-25-22(26-15(17)2)24-8-4-5-16-6-9-29(3)10-7-16/h11-13,16H,4-10H2,1-3H3,(H,27,28)(H,24,25,26). The van der Waals surface area contributed by atoms with Gasteiger partial charge in [-0.05, 0) is 83.3 Å². The van der Waals surface area contributed by atoms with Gasteiger partial charge in [-0.25, -0.2) is 15.0 Å². The van der Waals surface area contributed by atoms with E-state index >= 15 is 0 Å². The van der Waals surface area contributed by atoms with Crippen LogP contribution in [0.15, 0.2) is 18.3 Å². The Morgan fingerprint density at radius 1 is 1.21 bits per heavy atom. The largest absolute Gasteiger partial charge is 0.354 e. The first-order valence-corrected chi connectivity index (χ1v) is 10.8. The van der Waals surface area contributed by atoms with Crippen LogP contribution in [-0.4, -0.2) is 51.5 Å². The van der Waals surface area contributed by atoms with Crippen LogP contribution in [0.1, 0.15) is 36.9 Å². The maximum Gasteiger partial charge on any atom is 0.222 e. The molecule has 29 heavy (non-hydrogen) atoms. The van der Waals surface area contributed by atoms with E-state index in [1.165, 1.54) is 32.4 Å². The Kier molecular flexibility index (Phi) is 6.01. The quantitative estimate of drug-likeness (QED) is 0.568. The second-order valence-corrected chi connectivity index (χ2v) is 8.64. The summed E-state index contributed by atoms with van der Waals surface area (Å²) in [6.07, 6.45) is 6.90. The summed E-state index contributed by atoms with van der Waals surface area (Å²) >= 11 is 6.34. The van der Waals surface area contributed by atoms with Gasteiger partial charge in [0.05, 0.1) is 21.8 Å². The van der Waals surface area contributed by atoms with Crippen LogP contribution in [0.4, 0.5) is 5.95 Å². The van der Waals surface area contributed by atoms with Gasteiger partial charge in [-0.15, -0.1) is 0 Å². The van der Waals surface area contributed by atoms with E-state index in [9.17, 15) is 0 Å². The molecular formula is C22H29ClN6. The van der Waals surface area contributed by atoms with Gasteiger partial charge in [0.25, 0.3) is 0 Å². The molecule has 0 saturated carbocycles. The number of aromatic nitrogens is 4. The molecule has 1 saturated heterocycles. The lowest BCUT2D eigenvalue weighted by Crippen LogP contribution is -2.30. The van der Waals surface area contributed by atoms with Gasteiger partial charge in [-0.1, -0.05) is 11.6 Å². The number of piperidine rings is 1. The number of hydrogen-bond acceptors (Lipinski definition) is 5. The minimum absolute atomic E-state index is 0.656. The molecule has 0 amide bonds. The number of halogens is 1. The summed E-state index contributed by atoms with van der Waals surface area (Å²) in [4.78, 5) is 19.6. The predicted molar refractivity (Wildman–Crippen MR) is 120 cm³/mol. The molecule has 2 aromatic heterocycles. The molecule has 0 atom stereocenters. The molecule has 4 rings (SSSR count). The number of benzene rings is 1. The molecule has 0 radical (unpaired) electrons. The maximum atomic E-state index is 6.34. The molecule has 1 aliphatic heterocycles. The van der Waals surface area contributed by atoms with Gasteiger partial charge in [0.1, 0.15) is 11.3 Å². The normalized spacial score (nSPS) is 15.9. The molecule has 6 nitrogen and oxygen atoms in total. The Hall–Kier alpha value is -2.18. The number of fused-ring (bicyclic) bond motifs is 1. The average Bonchev–Trinajstić information content (AvgIpc) is 3.11. The number of rotatable bonds is 6. The Morgan fingerprint density at radius 2 is 2.00 bits per heavy atom. The molecule has 0 unspecified atom stereocenters. The van der Waals surface area contributed by atoms with Crippen molar-refractivity contribution in [3.63, 3.8) is 0 Å². The smallest absolute Gasteiger partial charge is 0.222 e. The molecule has 0 aliphatic carbocycles. The van der Waals surface area contributed by atoms with E-state index in [0.29, 0.717) is 11.0 Å². The number of hydrogen-bond donors (Lipinski definition) is 2. The molecule has 1 aromatic carbocycles. The number of nitrogens with zero attached hydrogens (tertiary/aromatic N) is 4. The van der Waals surface area contributed by atoms with Crippen molar-refractivity contribution >= 4 is 28.6 Å². The molecule has 154 valence electrons. The van der Waals surface area contributed by atoms with Crippen LogP contribution in [0, 0.1) is 19.8 Å². The summed E-state index contributed by atoms with van der Waals surface area (Å²) in [7, 11) is 2.21. The van der Waals surface area contributed by atoms with E-state index < -0.39 is 0 Å². The maximum absolute atomic E-state index is 6.34. The Morgan fingerprint density at radius 3 is 2.76 bits per heavy atom. The lowest BCUT2D eigenvalue weighted by molar-refractivity contribution is 0.211. The highest BCUT2D eigenvalue weighted by molar-refractivity contribution is 6.35. The summed E-state index contributed by atoms with van der Waals surface area (Å²) in [6.45, 7) is 7.38. The number of imidazole rings is 1. The van der Waals surface area contributed by atoms with Gasteiger partial charge in [0, 0.05) is 12.7 Å². The first kappa shape index (κ1) is 20.1. The fraction of sp³-hybridized carbons (Fsp3) is 0.500. The van der Waals surface area contributed by atoms with E-state index in [4.69, 9.17) is 11.6 Å². The summed E-state index contributed by atoms with van der Waals surface area (Å²) in [5.74, 6) is 2.29. The summed E-state index contributed by atoms with van der Waals surface area (Å²) in [5, 5.41) is 4.03. The number of aryl methyl sites for hydroxylation is 2. The SMILES string of the molecule is Cc1cc(Cl)c2nc(-c3cnc(NCCCC4CCN(C)CC4)nc3C)[nH]c2c1. The molecule has 3 aromatic rings. The van der Waals surface area contributed by atoms with Crippen LogP contribution < -0.4 is 5.32 Å². The first-order valence-electron chi connectivity index (χ1n) is 10.4. The van der Waals surface area contributed by atoms with Crippen molar-refractivity contribution in [2.45, 2.75) is 39.5 Å². The monoisotopic (exact) mass is 412 g/mol. The molecule has 1 fully saturated rings. The highest BCUT2D eigenvalue weighted by Gasteiger charge is 2.16. The number of likely N-dealkylation sites (tertiary alicyclic amines) is 1. The Labute approximate surface area is 177 Å². The minimum Gasteiger partial charge on any atom is -0.354 e. The van der Waals surface area contributed by atoms with Crippen molar-refractivity contribution in [3.05, 3.63) is 34.6 Å². The zero-order valence-corrected chi connectivity index (χ0v) is 18.2. The predicted octanol–water partition coefficient (Wildman–Crippen LogP) is 4.82. The average molecular weight is 413 g/mol. The number of aromatic amines is 1. The fourth-order valence-corrected chi connectivity index (χ4v) is 4.38. The zero-order valence-electron chi connectivity index (χ0n) is 17.4.